The molecule has 0 aliphatic carbocycles. The molecule has 3 unspecified atom stereocenters. The van der Waals surface area contributed by atoms with E-state index in [0.29, 0.717) is 42.9 Å². The van der Waals surface area contributed by atoms with Gasteiger partial charge in [0.15, 0.2) is 5.78 Å². The van der Waals surface area contributed by atoms with Gasteiger partial charge in [-0.25, -0.2) is 17.1 Å². The summed E-state index contributed by atoms with van der Waals surface area (Å²) in [4.78, 5) is 32.0. The van der Waals surface area contributed by atoms with E-state index in [1.807, 2.05) is 9.80 Å². The topological polar surface area (TPSA) is 98.2 Å². The van der Waals surface area contributed by atoms with Crippen LogP contribution in [0.15, 0.2) is 42.5 Å². The molecular weight excluding hydrogens is 521 g/mol. The van der Waals surface area contributed by atoms with Crippen LogP contribution in [0.25, 0.3) is 0 Å². The van der Waals surface area contributed by atoms with Gasteiger partial charge in [-0.05, 0) is 55.5 Å². The summed E-state index contributed by atoms with van der Waals surface area (Å²) in [7, 11) is -1.89. The molecule has 1 amide bonds. The van der Waals surface area contributed by atoms with Crippen molar-refractivity contribution in [3.8, 4) is 5.75 Å². The number of Topliss-reactive ketones (excluding diaryl/α,β-unsaturated/α-hetero) is 1. The van der Waals surface area contributed by atoms with Crippen molar-refractivity contribution in [2.24, 2.45) is 11.8 Å². The van der Waals surface area contributed by atoms with Crippen molar-refractivity contribution >= 4 is 21.7 Å². The van der Waals surface area contributed by atoms with Crippen LogP contribution in [0.5, 0.6) is 5.75 Å². The monoisotopic (exact) mass is 559 g/mol. The molecule has 0 radical (unpaired) electrons. The number of hydrogen-bond acceptors (Lipinski definition) is 6. The predicted octanol–water partition coefficient (Wildman–Crippen LogP) is 3.26. The second kappa shape index (κ2) is 12.1. The quantitative estimate of drug-likeness (QED) is 0.499. The number of likely N-dealkylation sites (tertiary alicyclic amines) is 2. The van der Waals surface area contributed by atoms with Gasteiger partial charge in [-0.2, -0.15) is 0 Å². The van der Waals surface area contributed by atoms with Crippen molar-refractivity contribution in [1.82, 2.24) is 14.1 Å². The highest BCUT2D eigenvalue weighted by Gasteiger charge is 2.46. The highest BCUT2D eigenvalue weighted by molar-refractivity contribution is 7.88. The summed E-state index contributed by atoms with van der Waals surface area (Å²) >= 11 is 0. The lowest BCUT2D eigenvalue weighted by Gasteiger charge is -2.45. The van der Waals surface area contributed by atoms with E-state index in [9.17, 15) is 27.5 Å². The van der Waals surface area contributed by atoms with Gasteiger partial charge >= 0.3 is 0 Å². The largest absolute Gasteiger partial charge is 0.508 e. The van der Waals surface area contributed by atoms with Crippen molar-refractivity contribution < 1.29 is 27.5 Å². The Morgan fingerprint density at radius 1 is 1.05 bits per heavy atom. The van der Waals surface area contributed by atoms with Gasteiger partial charge in [0, 0.05) is 63.7 Å². The number of carbonyl (C=O) groups is 2. The van der Waals surface area contributed by atoms with Gasteiger partial charge in [0.2, 0.25) is 15.9 Å². The molecule has 212 valence electrons. The van der Waals surface area contributed by atoms with Gasteiger partial charge in [0.25, 0.3) is 0 Å². The Balaban J connectivity index is 1.78. The second-order valence-corrected chi connectivity index (χ2v) is 12.9. The maximum absolute atomic E-state index is 14.8. The fourth-order valence-electron chi connectivity index (χ4n) is 5.89. The zero-order valence-electron chi connectivity index (χ0n) is 22.8. The first-order chi connectivity index (χ1) is 18.5. The van der Waals surface area contributed by atoms with Crippen molar-refractivity contribution in [3.63, 3.8) is 0 Å². The molecule has 2 heterocycles. The first kappa shape index (κ1) is 29.2. The molecule has 1 N–H and O–H groups in total. The number of sulfonamides is 1. The number of likely N-dealkylation sites (N-methyl/N-ethyl adjacent to an activating group) is 1. The van der Waals surface area contributed by atoms with Crippen LogP contribution in [0.3, 0.4) is 0 Å². The number of hydrogen-bond donors (Lipinski definition) is 1. The number of rotatable bonds is 8. The minimum atomic E-state index is -3.40. The van der Waals surface area contributed by atoms with Crippen molar-refractivity contribution in [1.29, 1.82) is 0 Å². The average Bonchev–Trinajstić information content (AvgIpc) is 2.92. The Morgan fingerprint density at radius 3 is 2.38 bits per heavy atom. The molecule has 2 saturated heterocycles. The van der Waals surface area contributed by atoms with Crippen LogP contribution in [0.1, 0.15) is 46.7 Å². The molecular formula is C29H38FN3O5S. The molecule has 2 fully saturated rings. The first-order valence-corrected chi connectivity index (χ1v) is 15.3. The SMILES string of the molecule is Cc1c(F)cccc1C1C(C(=O)c2cccc(O)c2)CN(CCN(C)S(C)(=O)=O)CC1C(=O)N1CCCCC1. The summed E-state index contributed by atoms with van der Waals surface area (Å²) in [6.07, 6.45) is 4.03. The Morgan fingerprint density at radius 2 is 1.72 bits per heavy atom. The number of amides is 1. The molecule has 4 rings (SSSR count). The number of piperidine rings is 2. The molecule has 0 saturated carbocycles. The highest BCUT2D eigenvalue weighted by Crippen LogP contribution is 2.42. The third kappa shape index (κ3) is 6.67. The van der Waals surface area contributed by atoms with Crippen LogP contribution in [-0.4, -0.2) is 91.9 Å². The zero-order valence-corrected chi connectivity index (χ0v) is 23.7. The summed E-state index contributed by atoms with van der Waals surface area (Å²) in [6, 6.07) is 10.9. The van der Waals surface area contributed by atoms with Crippen LogP contribution in [0, 0.1) is 24.6 Å². The lowest BCUT2D eigenvalue weighted by Crippen LogP contribution is -2.55. The fourth-order valence-corrected chi connectivity index (χ4v) is 6.30. The molecule has 0 aromatic heterocycles. The Hall–Kier alpha value is -2.82. The average molecular weight is 560 g/mol. The third-order valence-electron chi connectivity index (χ3n) is 8.20. The van der Waals surface area contributed by atoms with E-state index in [1.165, 1.54) is 29.6 Å². The molecule has 2 aromatic rings. The summed E-state index contributed by atoms with van der Waals surface area (Å²) in [5.41, 5.74) is 1.37. The Bertz CT molecular complexity index is 1310. The summed E-state index contributed by atoms with van der Waals surface area (Å²) in [6.45, 7) is 4.12. The number of nitrogens with zero attached hydrogens (tertiary/aromatic N) is 3. The second-order valence-electron chi connectivity index (χ2n) is 10.8. The highest BCUT2D eigenvalue weighted by atomic mass is 32.2. The van der Waals surface area contributed by atoms with Crippen LogP contribution < -0.4 is 0 Å². The maximum Gasteiger partial charge on any atom is 0.227 e. The van der Waals surface area contributed by atoms with Gasteiger partial charge in [-0.1, -0.05) is 24.3 Å². The molecule has 2 aromatic carbocycles. The normalized spacial score (nSPS) is 22.7. The van der Waals surface area contributed by atoms with E-state index < -0.39 is 33.6 Å². The lowest BCUT2D eigenvalue weighted by molar-refractivity contribution is -0.139. The number of carbonyl (C=O) groups excluding carboxylic acids is 2. The van der Waals surface area contributed by atoms with Crippen LogP contribution >= 0.6 is 0 Å². The fraction of sp³-hybridized carbons (Fsp3) is 0.517. The number of ketones is 1. The minimum Gasteiger partial charge on any atom is -0.508 e. The van der Waals surface area contributed by atoms with Crippen molar-refractivity contribution in [3.05, 3.63) is 65.0 Å². The Labute approximate surface area is 230 Å². The number of benzene rings is 2. The van der Waals surface area contributed by atoms with E-state index >= 15 is 0 Å². The standard InChI is InChI=1S/C29H38FN3O5S/c1-20-23(11-8-12-26(20)30)27-24(28(35)21-9-7-10-22(34)17-21)18-32(16-15-31(2)39(3,37)38)19-25(27)29(36)33-13-5-4-6-14-33/h7-12,17,24-25,27,34H,4-6,13-16,18-19H2,1-3H3. The van der Waals surface area contributed by atoms with Gasteiger partial charge < -0.3 is 14.9 Å². The van der Waals surface area contributed by atoms with Gasteiger partial charge in [-0.3, -0.25) is 9.59 Å². The molecule has 2 aliphatic rings. The van der Waals surface area contributed by atoms with Crippen LogP contribution in [0.2, 0.25) is 0 Å². The molecule has 10 heteroatoms. The number of phenols is 1. The molecule has 2 aliphatic heterocycles. The maximum atomic E-state index is 14.8. The molecule has 0 bridgehead atoms. The predicted molar refractivity (Wildman–Crippen MR) is 148 cm³/mol. The molecule has 39 heavy (non-hydrogen) atoms. The first-order valence-electron chi connectivity index (χ1n) is 13.5. The summed E-state index contributed by atoms with van der Waals surface area (Å²) in [5.74, 6) is -2.63. The van der Waals surface area contributed by atoms with E-state index in [0.717, 1.165) is 25.5 Å². The summed E-state index contributed by atoms with van der Waals surface area (Å²) < 4.78 is 40.1. The van der Waals surface area contributed by atoms with E-state index in [1.54, 1.807) is 31.2 Å². The van der Waals surface area contributed by atoms with Gasteiger partial charge in [0.05, 0.1) is 12.2 Å². The minimum absolute atomic E-state index is 0.0391. The lowest BCUT2D eigenvalue weighted by atomic mass is 9.69. The van der Waals surface area contributed by atoms with Crippen LogP contribution in [0.4, 0.5) is 4.39 Å². The van der Waals surface area contributed by atoms with E-state index in [-0.39, 0.29) is 30.5 Å². The Kier molecular flexibility index (Phi) is 9.08. The molecule has 8 nitrogen and oxygen atoms in total. The molecule has 0 spiro atoms. The van der Waals surface area contributed by atoms with Gasteiger partial charge in [-0.15, -0.1) is 0 Å². The molecule has 3 atom stereocenters. The van der Waals surface area contributed by atoms with E-state index in [2.05, 4.69) is 0 Å². The van der Waals surface area contributed by atoms with Crippen molar-refractivity contribution in [2.45, 2.75) is 32.1 Å². The van der Waals surface area contributed by atoms with Crippen molar-refractivity contribution in [2.75, 3.05) is 52.6 Å². The number of aromatic hydroxyl groups is 1. The summed E-state index contributed by atoms with van der Waals surface area (Å²) in [5, 5.41) is 10.1. The van der Waals surface area contributed by atoms with Gasteiger partial charge in [0.1, 0.15) is 11.6 Å². The number of halogens is 1. The zero-order chi connectivity index (χ0) is 28.3. The van der Waals surface area contributed by atoms with E-state index in [4.69, 9.17) is 0 Å². The number of phenolic OH excluding ortho intramolecular Hbond substituents is 1. The van der Waals surface area contributed by atoms with Crippen LogP contribution in [-0.2, 0) is 14.8 Å². The smallest absolute Gasteiger partial charge is 0.227 e. The third-order valence-corrected chi connectivity index (χ3v) is 9.51.